The van der Waals surface area contributed by atoms with Gasteiger partial charge < -0.3 is 16.0 Å². The van der Waals surface area contributed by atoms with E-state index in [1.807, 2.05) is 13.8 Å². The zero-order chi connectivity index (χ0) is 19.9. The first-order chi connectivity index (χ1) is 12.9. The highest BCUT2D eigenvalue weighted by atomic mass is 16.2. The lowest BCUT2D eigenvalue weighted by molar-refractivity contribution is -0.128. The summed E-state index contributed by atoms with van der Waals surface area (Å²) in [7, 11) is 1.67. The number of benzene rings is 1. The molecule has 3 N–H and O–H groups in total. The molecule has 1 amide bonds. The molecule has 27 heavy (non-hydrogen) atoms. The molecule has 1 aliphatic heterocycles. The first-order valence-corrected chi connectivity index (χ1v) is 9.90. The Morgan fingerprint density at radius 3 is 2.63 bits per heavy atom. The Kier molecular flexibility index (Phi) is 7.66. The van der Waals surface area contributed by atoms with Crippen LogP contribution in [0.3, 0.4) is 0 Å². The number of carbonyl (C=O) groups is 1. The average Bonchev–Trinajstić information content (AvgIpc) is 2.99. The normalized spacial score (nSPS) is 21.1. The number of rotatable bonds is 7. The molecule has 0 aromatic heterocycles. The van der Waals surface area contributed by atoms with Crippen LogP contribution in [0.1, 0.15) is 39.7 Å². The molecule has 0 bridgehead atoms. The van der Waals surface area contributed by atoms with Gasteiger partial charge in [-0.05, 0) is 39.7 Å². The van der Waals surface area contributed by atoms with E-state index in [1.54, 1.807) is 7.05 Å². The van der Waals surface area contributed by atoms with E-state index in [2.05, 4.69) is 70.0 Å². The predicted molar refractivity (Wildman–Crippen MR) is 112 cm³/mol. The van der Waals surface area contributed by atoms with E-state index < -0.39 is 5.41 Å². The second kappa shape index (κ2) is 9.74. The number of carbonyl (C=O) groups excluding carboxylic acids is 1. The van der Waals surface area contributed by atoms with Crippen LogP contribution in [-0.4, -0.2) is 55.5 Å². The minimum Gasteiger partial charge on any atom is -0.359 e. The van der Waals surface area contributed by atoms with Gasteiger partial charge in [-0.15, -0.1) is 0 Å². The van der Waals surface area contributed by atoms with Gasteiger partial charge in [0.1, 0.15) is 0 Å². The lowest BCUT2D eigenvalue weighted by Crippen LogP contribution is -2.45. The number of aliphatic imine (C=N–C) groups is 1. The fraction of sp³-hybridized carbons (Fsp3) is 0.619. The molecule has 1 aromatic carbocycles. The topological polar surface area (TPSA) is 68.8 Å². The maximum absolute atomic E-state index is 12.0. The van der Waals surface area contributed by atoms with E-state index in [4.69, 9.17) is 0 Å². The zero-order valence-electron chi connectivity index (χ0n) is 17.4. The number of amides is 1. The number of guanidine groups is 1. The minimum absolute atomic E-state index is 0.00521. The van der Waals surface area contributed by atoms with Gasteiger partial charge in [0.2, 0.25) is 5.91 Å². The van der Waals surface area contributed by atoms with E-state index in [1.165, 1.54) is 5.56 Å². The number of hydrogen-bond acceptors (Lipinski definition) is 3. The summed E-state index contributed by atoms with van der Waals surface area (Å²) in [6.45, 7) is 11.4. The van der Waals surface area contributed by atoms with E-state index >= 15 is 0 Å². The smallest absolute Gasteiger partial charge is 0.227 e. The van der Waals surface area contributed by atoms with Gasteiger partial charge in [-0.2, -0.15) is 0 Å². The highest BCUT2D eigenvalue weighted by molar-refractivity contribution is 5.83. The van der Waals surface area contributed by atoms with Crippen molar-refractivity contribution in [2.45, 2.75) is 52.7 Å². The van der Waals surface area contributed by atoms with Crippen molar-refractivity contribution in [3.05, 3.63) is 35.9 Å². The quantitative estimate of drug-likeness (QED) is 0.505. The SMILES string of the molecule is CCNC(=NCC(C)(C)C(=O)NC)NC1CC(C)N(Cc2ccccc2)C1. The molecule has 1 fully saturated rings. The molecule has 1 saturated heterocycles. The summed E-state index contributed by atoms with van der Waals surface area (Å²) in [5.74, 6) is 0.791. The standard InChI is InChI=1S/C21H35N5O/c1-6-23-20(24-15-21(3,4)19(27)22-5)25-18-12-16(2)26(14-18)13-17-10-8-7-9-11-17/h7-11,16,18H,6,12-15H2,1-5H3,(H,22,27)(H2,23,24,25). The molecule has 1 heterocycles. The summed E-state index contributed by atoms with van der Waals surface area (Å²) in [5.41, 5.74) is 0.817. The molecular weight excluding hydrogens is 338 g/mol. The summed E-state index contributed by atoms with van der Waals surface area (Å²) in [6, 6.07) is 11.5. The average molecular weight is 374 g/mol. The van der Waals surface area contributed by atoms with Gasteiger partial charge in [-0.3, -0.25) is 14.7 Å². The molecule has 1 aliphatic rings. The van der Waals surface area contributed by atoms with Crippen LogP contribution in [0, 0.1) is 5.41 Å². The first-order valence-electron chi connectivity index (χ1n) is 9.90. The first kappa shape index (κ1) is 21.2. The Bertz CT molecular complexity index is 629. The maximum atomic E-state index is 12.0. The van der Waals surface area contributed by atoms with Crippen molar-refractivity contribution in [3.8, 4) is 0 Å². The largest absolute Gasteiger partial charge is 0.359 e. The minimum atomic E-state index is -0.528. The van der Waals surface area contributed by atoms with E-state index in [0.29, 0.717) is 18.6 Å². The Labute approximate surface area is 163 Å². The Balaban J connectivity index is 1.96. The van der Waals surface area contributed by atoms with E-state index in [9.17, 15) is 4.79 Å². The predicted octanol–water partition coefficient (Wildman–Crippen LogP) is 1.98. The van der Waals surface area contributed by atoms with Crippen LogP contribution in [0.5, 0.6) is 0 Å². The van der Waals surface area contributed by atoms with Crippen LogP contribution in [0.2, 0.25) is 0 Å². The lowest BCUT2D eigenvalue weighted by atomic mass is 9.93. The molecule has 150 valence electrons. The fourth-order valence-electron chi connectivity index (χ4n) is 3.44. The summed E-state index contributed by atoms with van der Waals surface area (Å²) in [5, 5.41) is 9.58. The maximum Gasteiger partial charge on any atom is 0.227 e. The van der Waals surface area contributed by atoms with E-state index in [-0.39, 0.29) is 5.91 Å². The van der Waals surface area contributed by atoms with Crippen LogP contribution < -0.4 is 16.0 Å². The monoisotopic (exact) mass is 373 g/mol. The van der Waals surface area contributed by atoms with Crippen molar-refractivity contribution in [1.82, 2.24) is 20.9 Å². The third-order valence-corrected chi connectivity index (χ3v) is 5.09. The summed E-state index contributed by atoms with van der Waals surface area (Å²) in [6.07, 6.45) is 1.08. The van der Waals surface area contributed by atoms with Gasteiger partial charge in [0.15, 0.2) is 5.96 Å². The summed E-state index contributed by atoms with van der Waals surface area (Å²) in [4.78, 5) is 19.2. The molecule has 6 nitrogen and oxygen atoms in total. The molecule has 0 aliphatic carbocycles. The van der Waals surface area contributed by atoms with Crippen molar-refractivity contribution < 1.29 is 4.79 Å². The third-order valence-electron chi connectivity index (χ3n) is 5.09. The number of nitrogens with zero attached hydrogens (tertiary/aromatic N) is 2. The van der Waals surface area contributed by atoms with Gasteiger partial charge in [-0.1, -0.05) is 30.3 Å². The zero-order valence-corrected chi connectivity index (χ0v) is 17.4. The number of nitrogens with one attached hydrogen (secondary N) is 3. The Hall–Kier alpha value is -2.08. The molecule has 6 heteroatoms. The second-order valence-electron chi connectivity index (χ2n) is 8.00. The molecular formula is C21H35N5O. The highest BCUT2D eigenvalue weighted by Gasteiger charge is 2.30. The summed E-state index contributed by atoms with van der Waals surface area (Å²) >= 11 is 0. The van der Waals surface area contributed by atoms with Gasteiger partial charge in [-0.25, -0.2) is 0 Å². The van der Waals surface area contributed by atoms with Crippen LogP contribution in [0.15, 0.2) is 35.3 Å². The van der Waals surface area contributed by atoms with Crippen molar-refractivity contribution in [1.29, 1.82) is 0 Å². The fourth-order valence-corrected chi connectivity index (χ4v) is 3.44. The Morgan fingerprint density at radius 1 is 1.30 bits per heavy atom. The van der Waals surface area contributed by atoms with Gasteiger partial charge in [0, 0.05) is 38.8 Å². The lowest BCUT2D eigenvalue weighted by Gasteiger charge is -2.23. The molecule has 0 radical (unpaired) electrons. The van der Waals surface area contributed by atoms with Crippen molar-refractivity contribution >= 4 is 11.9 Å². The van der Waals surface area contributed by atoms with Crippen LogP contribution in [-0.2, 0) is 11.3 Å². The van der Waals surface area contributed by atoms with Gasteiger partial charge >= 0.3 is 0 Å². The molecule has 1 aromatic rings. The van der Waals surface area contributed by atoms with Crippen LogP contribution in [0.4, 0.5) is 0 Å². The van der Waals surface area contributed by atoms with Crippen molar-refractivity contribution in [2.75, 3.05) is 26.7 Å². The van der Waals surface area contributed by atoms with E-state index in [0.717, 1.165) is 32.0 Å². The molecule has 0 spiro atoms. The second-order valence-corrected chi connectivity index (χ2v) is 8.00. The van der Waals surface area contributed by atoms with Crippen molar-refractivity contribution in [2.24, 2.45) is 10.4 Å². The van der Waals surface area contributed by atoms with Crippen molar-refractivity contribution in [3.63, 3.8) is 0 Å². The van der Waals surface area contributed by atoms with Crippen LogP contribution in [0.25, 0.3) is 0 Å². The van der Waals surface area contributed by atoms with Crippen LogP contribution >= 0.6 is 0 Å². The van der Waals surface area contributed by atoms with Gasteiger partial charge in [0.05, 0.1) is 12.0 Å². The molecule has 2 atom stereocenters. The Morgan fingerprint density at radius 2 is 2.00 bits per heavy atom. The van der Waals surface area contributed by atoms with Gasteiger partial charge in [0.25, 0.3) is 0 Å². The number of likely N-dealkylation sites (tertiary alicyclic amines) is 1. The summed E-state index contributed by atoms with van der Waals surface area (Å²) < 4.78 is 0. The molecule has 2 unspecified atom stereocenters. The molecule has 0 saturated carbocycles. The number of hydrogen-bond donors (Lipinski definition) is 3. The third kappa shape index (κ3) is 6.24. The highest BCUT2D eigenvalue weighted by Crippen LogP contribution is 2.20. The molecule has 2 rings (SSSR count).